The minimum Gasteiger partial charge on any atom is -0.492 e. The third-order valence-electron chi connectivity index (χ3n) is 3.75. The molecule has 0 spiro atoms. The van der Waals surface area contributed by atoms with Gasteiger partial charge in [0.1, 0.15) is 5.75 Å². The van der Waals surface area contributed by atoms with Gasteiger partial charge in [-0.25, -0.2) is 0 Å². The average Bonchev–Trinajstić information content (AvgIpc) is 2.63. The maximum absolute atomic E-state index is 5.80. The number of pyridine rings is 1. The standard InChI is InChI=1S/C16H27N3O/c1-14(2)5-10-20-16-11-15(12-17-13-16)19-7-4-6-18(3)8-9-19/h11-14H,4-10H2,1-3H3. The summed E-state index contributed by atoms with van der Waals surface area (Å²) < 4.78 is 5.80. The van der Waals surface area contributed by atoms with Gasteiger partial charge in [0.2, 0.25) is 0 Å². The molecule has 112 valence electrons. The first-order valence-corrected chi connectivity index (χ1v) is 7.66. The predicted octanol–water partition coefficient (Wildman–Crippen LogP) is 2.65. The van der Waals surface area contributed by atoms with E-state index in [2.05, 4.69) is 41.7 Å². The Morgan fingerprint density at radius 1 is 1.20 bits per heavy atom. The molecule has 1 aliphatic rings. The minimum atomic E-state index is 0.673. The van der Waals surface area contributed by atoms with Crippen LogP contribution >= 0.6 is 0 Å². The van der Waals surface area contributed by atoms with E-state index in [4.69, 9.17) is 4.74 Å². The predicted molar refractivity (Wildman–Crippen MR) is 83.5 cm³/mol. The topological polar surface area (TPSA) is 28.6 Å². The summed E-state index contributed by atoms with van der Waals surface area (Å²) in [7, 11) is 2.19. The molecule has 0 radical (unpaired) electrons. The first kappa shape index (κ1) is 15.1. The molecule has 0 bridgehead atoms. The summed E-state index contributed by atoms with van der Waals surface area (Å²) >= 11 is 0. The number of aromatic nitrogens is 1. The molecular formula is C16H27N3O. The summed E-state index contributed by atoms with van der Waals surface area (Å²) in [5, 5.41) is 0. The Morgan fingerprint density at radius 3 is 2.85 bits per heavy atom. The van der Waals surface area contributed by atoms with E-state index in [1.54, 1.807) is 0 Å². The Bertz CT molecular complexity index is 408. The van der Waals surface area contributed by atoms with Crippen molar-refractivity contribution in [1.29, 1.82) is 0 Å². The van der Waals surface area contributed by atoms with Crippen LogP contribution in [-0.4, -0.2) is 49.7 Å². The number of rotatable bonds is 5. The van der Waals surface area contributed by atoms with Crippen LogP contribution in [0.25, 0.3) is 0 Å². The number of anilines is 1. The molecule has 0 atom stereocenters. The van der Waals surface area contributed by atoms with E-state index < -0.39 is 0 Å². The number of nitrogens with zero attached hydrogens (tertiary/aromatic N) is 3. The van der Waals surface area contributed by atoms with E-state index in [0.717, 1.165) is 38.4 Å². The molecule has 2 rings (SSSR count). The van der Waals surface area contributed by atoms with Crippen LogP contribution in [0, 0.1) is 5.92 Å². The zero-order chi connectivity index (χ0) is 14.4. The van der Waals surface area contributed by atoms with Crippen molar-refractivity contribution in [1.82, 2.24) is 9.88 Å². The van der Waals surface area contributed by atoms with E-state index in [1.807, 2.05) is 12.4 Å². The quantitative estimate of drug-likeness (QED) is 0.827. The molecule has 4 heteroatoms. The van der Waals surface area contributed by atoms with E-state index >= 15 is 0 Å². The van der Waals surface area contributed by atoms with Gasteiger partial charge in [-0.1, -0.05) is 13.8 Å². The van der Waals surface area contributed by atoms with Gasteiger partial charge in [0.05, 0.1) is 24.7 Å². The Kier molecular flexibility index (Phi) is 5.65. The Hall–Kier alpha value is -1.29. The summed E-state index contributed by atoms with van der Waals surface area (Å²) in [5.74, 6) is 1.56. The molecule has 2 heterocycles. The van der Waals surface area contributed by atoms with Gasteiger partial charge in [0.15, 0.2) is 0 Å². The van der Waals surface area contributed by atoms with Crippen molar-refractivity contribution in [3.05, 3.63) is 18.5 Å². The monoisotopic (exact) mass is 277 g/mol. The molecule has 0 saturated carbocycles. The van der Waals surface area contributed by atoms with Gasteiger partial charge < -0.3 is 14.5 Å². The van der Waals surface area contributed by atoms with Crippen molar-refractivity contribution in [2.45, 2.75) is 26.7 Å². The van der Waals surface area contributed by atoms with Gasteiger partial charge in [0, 0.05) is 25.7 Å². The molecule has 0 aromatic carbocycles. The molecule has 4 nitrogen and oxygen atoms in total. The first-order chi connectivity index (χ1) is 9.65. The molecule has 0 unspecified atom stereocenters. The number of likely N-dealkylation sites (N-methyl/N-ethyl adjacent to an activating group) is 1. The molecule has 1 aliphatic heterocycles. The lowest BCUT2D eigenvalue weighted by molar-refractivity contribution is 0.288. The van der Waals surface area contributed by atoms with Crippen molar-refractivity contribution < 1.29 is 4.74 Å². The van der Waals surface area contributed by atoms with Crippen molar-refractivity contribution in [2.24, 2.45) is 5.92 Å². The van der Waals surface area contributed by atoms with Gasteiger partial charge in [-0.15, -0.1) is 0 Å². The second kappa shape index (κ2) is 7.48. The first-order valence-electron chi connectivity index (χ1n) is 7.66. The van der Waals surface area contributed by atoms with Crippen molar-refractivity contribution >= 4 is 5.69 Å². The lowest BCUT2D eigenvalue weighted by atomic mass is 10.1. The van der Waals surface area contributed by atoms with Crippen LogP contribution in [0.15, 0.2) is 18.5 Å². The van der Waals surface area contributed by atoms with Crippen LogP contribution in [0.4, 0.5) is 5.69 Å². The van der Waals surface area contributed by atoms with Crippen LogP contribution in [0.2, 0.25) is 0 Å². The number of hydrogen-bond acceptors (Lipinski definition) is 4. The van der Waals surface area contributed by atoms with Crippen LogP contribution in [0.1, 0.15) is 26.7 Å². The maximum atomic E-state index is 5.80. The maximum Gasteiger partial charge on any atom is 0.139 e. The highest BCUT2D eigenvalue weighted by Gasteiger charge is 2.13. The zero-order valence-electron chi connectivity index (χ0n) is 13.0. The molecule has 0 N–H and O–H groups in total. The smallest absolute Gasteiger partial charge is 0.139 e. The van der Waals surface area contributed by atoms with Crippen LogP contribution in [-0.2, 0) is 0 Å². The van der Waals surface area contributed by atoms with Gasteiger partial charge in [-0.05, 0) is 32.4 Å². The van der Waals surface area contributed by atoms with Gasteiger partial charge >= 0.3 is 0 Å². The van der Waals surface area contributed by atoms with E-state index in [9.17, 15) is 0 Å². The molecule has 20 heavy (non-hydrogen) atoms. The highest BCUT2D eigenvalue weighted by atomic mass is 16.5. The van der Waals surface area contributed by atoms with Crippen LogP contribution < -0.4 is 9.64 Å². The molecule has 1 aromatic rings. The fourth-order valence-electron chi connectivity index (χ4n) is 2.38. The zero-order valence-corrected chi connectivity index (χ0v) is 13.0. The number of hydrogen-bond donors (Lipinski definition) is 0. The SMILES string of the molecule is CC(C)CCOc1cncc(N2CCCN(C)CC2)c1. The van der Waals surface area contributed by atoms with Crippen LogP contribution in [0.3, 0.4) is 0 Å². The molecule has 0 amide bonds. The fraction of sp³-hybridized carbons (Fsp3) is 0.688. The summed E-state index contributed by atoms with van der Waals surface area (Å²) in [5.41, 5.74) is 1.18. The highest BCUT2D eigenvalue weighted by Crippen LogP contribution is 2.21. The van der Waals surface area contributed by atoms with Crippen LogP contribution in [0.5, 0.6) is 5.75 Å². The van der Waals surface area contributed by atoms with E-state index in [1.165, 1.54) is 18.7 Å². The molecule has 1 saturated heterocycles. The lowest BCUT2D eigenvalue weighted by Gasteiger charge is -2.22. The highest BCUT2D eigenvalue weighted by molar-refractivity contribution is 5.48. The second-order valence-corrected chi connectivity index (χ2v) is 6.05. The Morgan fingerprint density at radius 2 is 2.05 bits per heavy atom. The number of ether oxygens (including phenoxy) is 1. The summed E-state index contributed by atoms with van der Waals surface area (Å²) in [4.78, 5) is 9.12. The third-order valence-corrected chi connectivity index (χ3v) is 3.75. The summed E-state index contributed by atoms with van der Waals surface area (Å²) in [6.45, 7) is 9.64. The lowest BCUT2D eigenvalue weighted by Crippen LogP contribution is -2.28. The summed E-state index contributed by atoms with van der Waals surface area (Å²) in [6.07, 6.45) is 6.04. The van der Waals surface area contributed by atoms with Crippen molar-refractivity contribution in [3.8, 4) is 5.75 Å². The molecular weight excluding hydrogens is 250 g/mol. The Balaban J connectivity index is 1.94. The van der Waals surface area contributed by atoms with Crippen molar-refractivity contribution in [3.63, 3.8) is 0 Å². The van der Waals surface area contributed by atoms with Crippen molar-refractivity contribution in [2.75, 3.05) is 44.7 Å². The largest absolute Gasteiger partial charge is 0.492 e. The fourth-order valence-corrected chi connectivity index (χ4v) is 2.38. The third kappa shape index (κ3) is 4.67. The molecule has 1 fully saturated rings. The van der Waals surface area contributed by atoms with Gasteiger partial charge in [0.25, 0.3) is 0 Å². The minimum absolute atomic E-state index is 0.673. The molecule has 0 aliphatic carbocycles. The Labute approximate surface area is 122 Å². The summed E-state index contributed by atoms with van der Waals surface area (Å²) in [6, 6.07) is 2.12. The normalized spacial score (nSPS) is 17.3. The average molecular weight is 277 g/mol. The second-order valence-electron chi connectivity index (χ2n) is 6.05. The van der Waals surface area contributed by atoms with E-state index in [-0.39, 0.29) is 0 Å². The van der Waals surface area contributed by atoms with Gasteiger partial charge in [-0.2, -0.15) is 0 Å². The van der Waals surface area contributed by atoms with Gasteiger partial charge in [-0.3, -0.25) is 4.98 Å². The molecule has 1 aromatic heterocycles. The van der Waals surface area contributed by atoms with E-state index in [0.29, 0.717) is 5.92 Å².